The van der Waals surface area contributed by atoms with E-state index in [0.29, 0.717) is 17.5 Å². The molecule has 0 aliphatic carbocycles. The van der Waals surface area contributed by atoms with Crippen LogP contribution in [0.15, 0.2) is 91.0 Å². The monoisotopic (exact) mass is 354 g/mol. The van der Waals surface area contributed by atoms with E-state index in [-0.39, 0.29) is 6.54 Å². The van der Waals surface area contributed by atoms with Crippen LogP contribution in [0, 0.1) is 0 Å². The lowest BCUT2D eigenvalue weighted by atomic mass is 10.3. The highest BCUT2D eigenvalue weighted by Crippen LogP contribution is 2.55. The molecule has 0 radical (unpaired) electrons. The lowest BCUT2D eigenvalue weighted by molar-refractivity contribution is 0.409. The van der Waals surface area contributed by atoms with Crippen molar-refractivity contribution in [2.75, 3.05) is 26.7 Å². The van der Waals surface area contributed by atoms with Crippen LogP contribution in [-0.2, 0) is 0 Å². The maximum atomic E-state index is 7.68. The first-order valence-electron chi connectivity index (χ1n) is 11.5. The number of rotatable bonds is 7. The van der Waals surface area contributed by atoms with Gasteiger partial charge in [0.1, 0.15) is 23.2 Å². The minimum Gasteiger partial charge on any atom is -0.309 e. The summed E-state index contributed by atoms with van der Waals surface area (Å²) in [6, 6.07) is 30.8. The molecule has 0 bridgehead atoms. The second-order valence-corrected chi connectivity index (χ2v) is 9.66. The summed E-state index contributed by atoms with van der Waals surface area (Å²) in [4.78, 5) is 0.662. The Morgan fingerprint density at radius 3 is 1.44 bits per heavy atom. The Bertz CT molecular complexity index is 832. The zero-order valence-corrected chi connectivity index (χ0v) is 15.1. The van der Waals surface area contributed by atoms with E-state index in [1.807, 2.05) is 54.6 Å². The summed E-state index contributed by atoms with van der Waals surface area (Å²) in [5.41, 5.74) is 0. The molecule has 0 heterocycles. The third-order valence-corrected chi connectivity index (χ3v) is 8.99. The quantitative estimate of drug-likeness (QED) is 0.581. The molecule has 3 aromatic carbocycles. The zero-order chi connectivity index (χ0) is 22.5. The second kappa shape index (κ2) is 8.43. The van der Waals surface area contributed by atoms with E-state index in [1.54, 1.807) is 0 Å². The maximum Gasteiger partial charge on any atom is 0.112 e. The van der Waals surface area contributed by atoms with Gasteiger partial charge >= 0.3 is 0 Å². The van der Waals surface area contributed by atoms with Gasteiger partial charge in [-0.3, -0.25) is 0 Å². The molecule has 0 atom stereocenters. The van der Waals surface area contributed by atoms with E-state index in [1.165, 1.54) is 15.9 Å². The molecule has 25 heavy (non-hydrogen) atoms. The van der Waals surface area contributed by atoms with E-state index < -0.39 is 21.2 Å². The highest BCUT2D eigenvalue weighted by molar-refractivity contribution is 7.95. The predicted molar refractivity (Wildman–Crippen MR) is 113 cm³/mol. The van der Waals surface area contributed by atoms with Crippen LogP contribution < -0.4 is 15.9 Å². The number of benzene rings is 3. The van der Waals surface area contributed by atoms with Crippen molar-refractivity contribution in [3.05, 3.63) is 91.0 Å². The molecule has 0 amide bonds. The van der Waals surface area contributed by atoms with Crippen LogP contribution in [-0.4, -0.2) is 31.6 Å². The van der Waals surface area contributed by atoms with Crippen molar-refractivity contribution in [1.82, 2.24) is 4.90 Å². The van der Waals surface area contributed by atoms with Crippen molar-refractivity contribution in [2.45, 2.75) is 6.42 Å². The standard InChI is InChI=1S/C23H27NP/c1-24(2)19-12-20-25(21-13-6-3-7-14-21,22-15-8-4-9-16-22)23-17-10-5-11-18-23/h3-11,13-18H,12,19-20H2,1-2H3/q+1/i1D3,2D3. The lowest BCUT2D eigenvalue weighted by Gasteiger charge is -2.28. The van der Waals surface area contributed by atoms with Crippen LogP contribution >= 0.6 is 7.26 Å². The van der Waals surface area contributed by atoms with Crippen molar-refractivity contribution in [3.8, 4) is 0 Å². The highest BCUT2D eigenvalue weighted by Gasteiger charge is 2.44. The van der Waals surface area contributed by atoms with Gasteiger partial charge in [0, 0.05) is 14.8 Å². The predicted octanol–water partition coefficient (Wildman–Crippen LogP) is 3.93. The molecule has 2 heteroatoms. The summed E-state index contributed by atoms with van der Waals surface area (Å²) in [7, 11) is -2.11. The van der Waals surface area contributed by atoms with Crippen molar-refractivity contribution in [2.24, 2.45) is 0 Å². The average Bonchev–Trinajstić information content (AvgIpc) is 2.74. The van der Waals surface area contributed by atoms with Gasteiger partial charge < -0.3 is 4.90 Å². The topological polar surface area (TPSA) is 3.24 Å². The fraction of sp³-hybridized carbons (Fsp3) is 0.217. The fourth-order valence-electron chi connectivity index (χ4n) is 3.35. The molecule has 0 aliphatic rings. The Hall–Kier alpha value is -1.95. The summed E-state index contributed by atoms with van der Waals surface area (Å²) in [6.07, 6.45) is 1.12. The van der Waals surface area contributed by atoms with E-state index in [9.17, 15) is 0 Å². The van der Waals surface area contributed by atoms with Gasteiger partial charge in [-0.2, -0.15) is 0 Å². The summed E-state index contributed by atoms with van der Waals surface area (Å²) < 4.78 is 46.1. The highest BCUT2D eigenvalue weighted by atomic mass is 31.2. The van der Waals surface area contributed by atoms with Gasteiger partial charge in [-0.1, -0.05) is 54.6 Å². The Morgan fingerprint density at radius 2 is 1.08 bits per heavy atom. The number of hydrogen-bond donors (Lipinski definition) is 0. The third-order valence-electron chi connectivity index (χ3n) is 4.47. The van der Waals surface area contributed by atoms with Crippen LogP contribution in [0.2, 0.25) is 0 Å². The van der Waals surface area contributed by atoms with Gasteiger partial charge in [0.25, 0.3) is 0 Å². The molecule has 128 valence electrons. The molecule has 0 aromatic heterocycles. The Labute approximate surface area is 161 Å². The first-order chi connectivity index (χ1) is 14.7. The molecule has 3 rings (SSSR count). The molecule has 0 spiro atoms. The van der Waals surface area contributed by atoms with Gasteiger partial charge in [0.15, 0.2) is 0 Å². The largest absolute Gasteiger partial charge is 0.309 e. The van der Waals surface area contributed by atoms with Crippen molar-refractivity contribution < 1.29 is 8.22 Å². The van der Waals surface area contributed by atoms with Gasteiger partial charge in [0.05, 0.1) is 6.16 Å². The van der Waals surface area contributed by atoms with Crippen LogP contribution in [0.4, 0.5) is 0 Å². The van der Waals surface area contributed by atoms with E-state index in [0.717, 1.165) is 0 Å². The van der Waals surface area contributed by atoms with Gasteiger partial charge in [-0.15, -0.1) is 0 Å². The van der Waals surface area contributed by atoms with Crippen LogP contribution in [0.3, 0.4) is 0 Å². The normalized spacial score (nSPS) is 16.2. The van der Waals surface area contributed by atoms with Gasteiger partial charge in [-0.05, 0) is 56.8 Å². The molecule has 0 aliphatic heterocycles. The van der Waals surface area contributed by atoms with Crippen molar-refractivity contribution in [3.63, 3.8) is 0 Å². The Kier molecular flexibility index (Phi) is 3.92. The number of nitrogens with zero attached hydrogens (tertiary/aromatic N) is 1. The SMILES string of the molecule is [2H]C([2H])([2H])N(CCC[P+](c1ccccc1)(c1ccccc1)c1ccccc1)C([2H])([2H])[2H]. The van der Waals surface area contributed by atoms with Gasteiger partial charge in [0.2, 0.25) is 0 Å². The van der Waals surface area contributed by atoms with E-state index in [4.69, 9.17) is 8.22 Å². The summed E-state index contributed by atoms with van der Waals surface area (Å²) in [5, 5.41) is 3.59. The lowest BCUT2D eigenvalue weighted by Crippen LogP contribution is -2.34. The molecule has 0 saturated heterocycles. The maximum absolute atomic E-state index is 7.68. The summed E-state index contributed by atoms with van der Waals surface area (Å²) in [5.74, 6) is 0. The smallest absolute Gasteiger partial charge is 0.112 e. The Morgan fingerprint density at radius 1 is 0.680 bits per heavy atom. The van der Waals surface area contributed by atoms with E-state index >= 15 is 0 Å². The van der Waals surface area contributed by atoms with Crippen molar-refractivity contribution >= 4 is 23.2 Å². The molecule has 0 unspecified atom stereocenters. The minimum atomic E-state index is -2.67. The minimum absolute atomic E-state index is 0.0265. The fourth-order valence-corrected chi connectivity index (χ4v) is 7.68. The first-order valence-corrected chi connectivity index (χ1v) is 10.5. The van der Waals surface area contributed by atoms with E-state index in [2.05, 4.69) is 36.4 Å². The third kappa shape index (κ3) is 4.00. The molecule has 0 N–H and O–H groups in total. The molecular formula is C23H27NP+. The Balaban J connectivity index is 2.06. The van der Waals surface area contributed by atoms with Crippen LogP contribution in [0.1, 0.15) is 14.6 Å². The van der Waals surface area contributed by atoms with Crippen molar-refractivity contribution in [1.29, 1.82) is 0 Å². The molecule has 3 aromatic rings. The summed E-state index contributed by atoms with van der Waals surface area (Å²) >= 11 is 0. The average molecular weight is 354 g/mol. The molecular weight excluding hydrogens is 321 g/mol. The first kappa shape index (κ1) is 11.6. The molecule has 0 fully saturated rings. The number of hydrogen-bond acceptors (Lipinski definition) is 1. The summed E-state index contributed by atoms with van der Waals surface area (Å²) in [6.45, 7) is -5.36. The zero-order valence-electron chi connectivity index (χ0n) is 20.2. The van der Waals surface area contributed by atoms with Gasteiger partial charge in [-0.25, -0.2) is 0 Å². The molecule has 0 saturated carbocycles. The second-order valence-electron chi connectivity index (χ2n) is 6.05. The molecule has 1 nitrogen and oxygen atoms in total. The van der Waals surface area contributed by atoms with Crippen LogP contribution in [0.5, 0.6) is 0 Å². The van der Waals surface area contributed by atoms with Crippen LogP contribution in [0.25, 0.3) is 0 Å².